The minimum atomic E-state index is 0.305. The highest BCUT2D eigenvalue weighted by molar-refractivity contribution is 6.31. The SMILES string of the molecule is CCN(CC)CCN[C@@H](C)c1ccccc1Cl. The first-order valence-corrected chi connectivity index (χ1v) is 6.77. The maximum atomic E-state index is 6.16. The van der Waals surface area contributed by atoms with Crippen molar-refractivity contribution in [3.05, 3.63) is 34.9 Å². The van der Waals surface area contributed by atoms with Crippen LogP contribution in [0.15, 0.2) is 24.3 Å². The predicted molar refractivity (Wildman–Crippen MR) is 75.7 cm³/mol. The van der Waals surface area contributed by atoms with Crippen molar-refractivity contribution in [2.45, 2.75) is 26.8 Å². The van der Waals surface area contributed by atoms with Crippen molar-refractivity contribution < 1.29 is 0 Å². The molecule has 0 saturated heterocycles. The van der Waals surface area contributed by atoms with E-state index in [1.807, 2.05) is 18.2 Å². The molecule has 0 amide bonds. The predicted octanol–water partition coefficient (Wildman–Crippen LogP) is 3.33. The molecule has 0 radical (unpaired) electrons. The van der Waals surface area contributed by atoms with E-state index in [-0.39, 0.29) is 0 Å². The molecule has 96 valence electrons. The van der Waals surface area contributed by atoms with E-state index in [1.165, 1.54) is 5.56 Å². The van der Waals surface area contributed by atoms with Gasteiger partial charge in [0.15, 0.2) is 0 Å². The number of benzene rings is 1. The van der Waals surface area contributed by atoms with E-state index >= 15 is 0 Å². The van der Waals surface area contributed by atoms with E-state index in [9.17, 15) is 0 Å². The van der Waals surface area contributed by atoms with Crippen LogP contribution in [-0.4, -0.2) is 31.1 Å². The summed E-state index contributed by atoms with van der Waals surface area (Å²) in [6.45, 7) is 10.8. The third-order valence-corrected chi connectivity index (χ3v) is 3.49. The van der Waals surface area contributed by atoms with Crippen molar-refractivity contribution in [3.63, 3.8) is 0 Å². The normalized spacial score (nSPS) is 13.0. The van der Waals surface area contributed by atoms with Gasteiger partial charge in [-0.25, -0.2) is 0 Å². The zero-order valence-corrected chi connectivity index (χ0v) is 11.8. The number of rotatable bonds is 7. The molecule has 1 N–H and O–H groups in total. The molecule has 0 fully saturated rings. The third kappa shape index (κ3) is 4.66. The van der Waals surface area contributed by atoms with Crippen LogP contribution in [0, 0.1) is 0 Å². The Morgan fingerprint density at radius 1 is 1.24 bits per heavy atom. The maximum Gasteiger partial charge on any atom is 0.0453 e. The van der Waals surface area contributed by atoms with Crippen LogP contribution in [0.3, 0.4) is 0 Å². The molecule has 1 rings (SSSR count). The van der Waals surface area contributed by atoms with Crippen molar-refractivity contribution in [1.82, 2.24) is 10.2 Å². The molecule has 1 atom stereocenters. The van der Waals surface area contributed by atoms with Crippen LogP contribution in [-0.2, 0) is 0 Å². The van der Waals surface area contributed by atoms with Crippen LogP contribution in [0.4, 0.5) is 0 Å². The number of likely N-dealkylation sites (N-methyl/N-ethyl adjacent to an activating group) is 1. The van der Waals surface area contributed by atoms with Crippen molar-refractivity contribution in [3.8, 4) is 0 Å². The van der Waals surface area contributed by atoms with Crippen LogP contribution < -0.4 is 5.32 Å². The monoisotopic (exact) mass is 254 g/mol. The fraction of sp³-hybridized carbons (Fsp3) is 0.571. The van der Waals surface area contributed by atoms with E-state index in [4.69, 9.17) is 11.6 Å². The van der Waals surface area contributed by atoms with Gasteiger partial charge in [0.05, 0.1) is 0 Å². The summed E-state index contributed by atoms with van der Waals surface area (Å²) in [5.41, 5.74) is 1.17. The highest BCUT2D eigenvalue weighted by Crippen LogP contribution is 2.21. The molecule has 0 aliphatic rings. The molecule has 2 nitrogen and oxygen atoms in total. The van der Waals surface area contributed by atoms with E-state index in [1.54, 1.807) is 0 Å². The second kappa shape index (κ2) is 7.70. The average molecular weight is 255 g/mol. The Morgan fingerprint density at radius 3 is 2.47 bits per heavy atom. The van der Waals surface area contributed by atoms with Crippen LogP contribution in [0.2, 0.25) is 5.02 Å². The lowest BCUT2D eigenvalue weighted by Gasteiger charge is -2.21. The van der Waals surface area contributed by atoms with Gasteiger partial charge in [0.1, 0.15) is 0 Å². The van der Waals surface area contributed by atoms with E-state index in [0.717, 1.165) is 31.2 Å². The average Bonchev–Trinajstić information content (AvgIpc) is 2.35. The lowest BCUT2D eigenvalue weighted by atomic mass is 10.1. The Balaban J connectivity index is 2.40. The first-order chi connectivity index (χ1) is 8.19. The molecule has 3 heteroatoms. The molecular weight excluding hydrogens is 232 g/mol. The third-order valence-electron chi connectivity index (χ3n) is 3.14. The van der Waals surface area contributed by atoms with Gasteiger partial charge in [-0.3, -0.25) is 0 Å². The molecule has 0 aliphatic carbocycles. The van der Waals surface area contributed by atoms with Crippen molar-refractivity contribution >= 4 is 11.6 Å². The van der Waals surface area contributed by atoms with Crippen molar-refractivity contribution in [2.24, 2.45) is 0 Å². The van der Waals surface area contributed by atoms with E-state index in [0.29, 0.717) is 6.04 Å². The van der Waals surface area contributed by atoms with Crippen molar-refractivity contribution in [2.75, 3.05) is 26.2 Å². The Kier molecular flexibility index (Phi) is 6.56. The summed E-state index contributed by atoms with van der Waals surface area (Å²) >= 11 is 6.16. The molecule has 0 spiro atoms. The topological polar surface area (TPSA) is 15.3 Å². The number of hydrogen-bond acceptors (Lipinski definition) is 2. The Labute approximate surface area is 110 Å². The van der Waals surface area contributed by atoms with Gasteiger partial charge in [0, 0.05) is 24.2 Å². The van der Waals surface area contributed by atoms with Crippen LogP contribution >= 0.6 is 11.6 Å². The molecule has 1 aromatic rings. The molecule has 1 aromatic carbocycles. The van der Waals surface area contributed by atoms with Gasteiger partial charge in [-0.2, -0.15) is 0 Å². The Hall–Kier alpha value is -0.570. The van der Waals surface area contributed by atoms with E-state index in [2.05, 4.69) is 37.1 Å². The Morgan fingerprint density at radius 2 is 1.88 bits per heavy atom. The number of nitrogens with zero attached hydrogens (tertiary/aromatic N) is 1. The van der Waals surface area contributed by atoms with E-state index < -0.39 is 0 Å². The first kappa shape index (κ1) is 14.5. The minimum absolute atomic E-state index is 0.305. The maximum absolute atomic E-state index is 6.16. The van der Waals surface area contributed by atoms with Gasteiger partial charge in [0.25, 0.3) is 0 Å². The fourth-order valence-corrected chi connectivity index (χ4v) is 2.21. The second-order valence-corrected chi connectivity index (χ2v) is 4.63. The number of halogens is 1. The summed E-state index contributed by atoms with van der Waals surface area (Å²) in [6, 6.07) is 8.33. The van der Waals surface area contributed by atoms with Gasteiger partial charge < -0.3 is 10.2 Å². The molecular formula is C14H23ClN2. The molecule has 0 aliphatic heterocycles. The van der Waals surface area contributed by atoms with Gasteiger partial charge in [-0.05, 0) is 31.6 Å². The van der Waals surface area contributed by atoms with Crippen LogP contribution in [0.5, 0.6) is 0 Å². The zero-order chi connectivity index (χ0) is 12.7. The minimum Gasteiger partial charge on any atom is -0.309 e. The van der Waals surface area contributed by atoms with Gasteiger partial charge in [0.2, 0.25) is 0 Å². The highest BCUT2D eigenvalue weighted by Gasteiger charge is 2.08. The van der Waals surface area contributed by atoms with Gasteiger partial charge >= 0.3 is 0 Å². The number of hydrogen-bond donors (Lipinski definition) is 1. The standard InChI is InChI=1S/C14H23ClN2/c1-4-17(5-2)11-10-16-12(3)13-8-6-7-9-14(13)15/h6-9,12,16H,4-5,10-11H2,1-3H3/t12-/m0/s1. The molecule has 17 heavy (non-hydrogen) atoms. The second-order valence-electron chi connectivity index (χ2n) is 4.22. The van der Waals surface area contributed by atoms with Crippen molar-refractivity contribution in [1.29, 1.82) is 0 Å². The summed E-state index contributed by atoms with van der Waals surface area (Å²) in [5, 5.41) is 4.36. The molecule has 0 saturated carbocycles. The van der Waals surface area contributed by atoms with Gasteiger partial charge in [-0.15, -0.1) is 0 Å². The largest absolute Gasteiger partial charge is 0.309 e. The number of nitrogens with one attached hydrogen (secondary N) is 1. The summed E-state index contributed by atoms with van der Waals surface area (Å²) in [6.07, 6.45) is 0. The van der Waals surface area contributed by atoms with Gasteiger partial charge in [-0.1, -0.05) is 43.6 Å². The quantitative estimate of drug-likeness (QED) is 0.803. The molecule has 0 unspecified atom stereocenters. The lowest BCUT2D eigenvalue weighted by molar-refractivity contribution is 0.298. The highest BCUT2D eigenvalue weighted by atomic mass is 35.5. The molecule has 0 aromatic heterocycles. The molecule has 0 heterocycles. The zero-order valence-electron chi connectivity index (χ0n) is 11.0. The summed E-state index contributed by atoms with van der Waals surface area (Å²) in [4.78, 5) is 2.41. The summed E-state index contributed by atoms with van der Waals surface area (Å²) in [7, 11) is 0. The summed E-state index contributed by atoms with van der Waals surface area (Å²) < 4.78 is 0. The van der Waals surface area contributed by atoms with Crippen LogP contribution in [0.1, 0.15) is 32.4 Å². The fourth-order valence-electron chi connectivity index (χ4n) is 1.92. The van der Waals surface area contributed by atoms with Crippen LogP contribution in [0.25, 0.3) is 0 Å². The Bertz CT molecular complexity index is 324. The summed E-state index contributed by atoms with van der Waals surface area (Å²) in [5.74, 6) is 0. The molecule has 0 bridgehead atoms. The first-order valence-electron chi connectivity index (χ1n) is 6.39. The smallest absolute Gasteiger partial charge is 0.0453 e. The lowest BCUT2D eigenvalue weighted by Crippen LogP contribution is -2.33.